The molecular formula is C10H13NOS. The second kappa shape index (κ2) is 3.50. The second-order valence-corrected chi connectivity index (χ2v) is 5.64. The lowest BCUT2D eigenvalue weighted by molar-refractivity contribution is 0.658. The topological polar surface area (TPSA) is 29.4 Å². The molecule has 1 aliphatic heterocycles. The van der Waals surface area contributed by atoms with Gasteiger partial charge in [0.25, 0.3) is 0 Å². The first-order valence-electron chi connectivity index (χ1n) is 4.57. The van der Waals surface area contributed by atoms with Crippen molar-refractivity contribution in [2.24, 2.45) is 4.36 Å². The molecule has 1 heterocycles. The fraction of sp³-hybridized carbons (Fsp3) is 0.400. The molecule has 0 bridgehead atoms. The fourth-order valence-corrected chi connectivity index (χ4v) is 3.63. The molecule has 2 nitrogen and oxygen atoms in total. The van der Waals surface area contributed by atoms with Gasteiger partial charge >= 0.3 is 0 Å². The van der Waals surface area contributed by atoms with Crippen LogP contribution in [0.1, 0.15) is 12.8 Å². The van der Waals surface area contributed by atoms with Crippen molar-refractivity contribution in [3.63, 3.8) is 0 Å². The summed E-state index contributed by atoms with van der Waals surface area (Å²) in [5.74, 6) is 0.733. The van der Waals surface area contributed by atoms with Crippen molar-refractivity contribution >= 4 is 9.73 Å². The molecule has 0 spiro atoms. The summed E-state index contributed by atoms with van der Waals surface area (Å²) in [7, 11) is -2.04. The molecule has 3 heteroatoms. The summed E-state index contributed by atoms with van der Waals surface area (Å²) in [4.78, 5) is 0.898. The first kappa shape index (κ1) is 8.75. The summed E-state index contributed by atoms with van der Waals surface area (Å²) >= 11 is 0. The highest BCUT2D eigenvalue weighted by Crippen LogP contribution is 2.18. The second-order valence-electron chi connectivity index (χ2n) is 3.22. The number of benzene rings is 1. The normalized spacial score (nSPS) is 28.0. The van der Waals surface area contributed by atoms with Crippen molar-refractivity contribution in [3.8, 4) is 0 Å². The quantitative estimate of drug-likeness (QED) is 0.676. The van der Waals surface area contributed by atoms with Crippen LogP contribution in [-0.2, 0) is 9.73 Å². The molecule has 0 amide bonds. The third-order valence-corrected chi connectivity index (χ3v) is 4.69. The first-order valence-corrected chi connectivity index (χ1v) is 6.25. The highest BCUT2D eigenvalue weighted by molar-refractivity contribution is 7.93. The number of nitrogens with zero attached hydrogens (tertiary/aromatic N) is 1. The number of hydrogen-bond donors (Lipinski definition) is 0. The van der Waals surface area contributed by atoms with Gasteiger partial charge in [0.1, 0.15) is 0 Å². The molecule has 70 valence electrons. The maximum absolute atomic E-state index is 12.2. The van der Waals surface area contributed by atoms with Gasteiger partial charge in [0.15, 0.2) is 0 Å². The summed E-state index contributed by atoms with van der Waals surface area (Å²) < 4.78 is 16.5. The van der Waals surface area contributed by atoms with Crippen LogP contribution in [0.15, 0.2) is 39.6 Å². The highest BCUT2D eigenvalue weighted by atomic mass is 32.2. The Morgan fingerprint density at radius 3 is 2.54 bits per heavy atom. The molecular weight excluding hydrogens is 182 g/mol. The predicted octanol–water partition coefficient (Wildman–Crippen LogP) is 2.31. The van der Waals surface area contributed by atoms with E-state index in [0.717, 1.165) is 30.0 Å². The van der Waals surface area contributed by atoms with Gasteiger partial charge in [-0.15, -0.1) is 0 Å². The van der Waals surface area contributed by atoms with E-state index in [9.17, 15) is 4.21 Å². The molecule has 0 N–H and O–H groups in total. The van der Waals surface area contributed by atoms with Gasteiger partial charge in [-0.3, -0.25) is 0 Å². The maximum atomic E-state index is 12.2. The van der Waals surface area contributed by atoms with E-state index in [2.05, 4.69) is 4.36 Å². The van der Waals surface area contributed by atoms with Crippen molar-refractivity contribution in [1.29, 1.82) is 0 Å². The minimum Gasteiger partial charge on any atom is -0.245 e. The summed E-state index contributed by atoms with van der Waals surface area (Å²) in [6.07, 6.45) is 2.13. The average Bonchev–Trinajstić information content (AvgIpc) is 2.20. The van der Waals surface area contributed by atoms with Crippen LogP contribution >= 0.6 is 0 Å². The summed E-state index contributed by atoms with van der Waals surface area (Å²) in [5, 5.41) is 0. The molecule has 0 aromatic heterocycles. The average molecular weight is 195 g/mol. The van der Waals surface area contributed by atoms with Crippen LogP contribution in [0.25, 0.3) is 0 Å². The molecule has 1 atom stereocenters. The van der Waals surface area contributed by atoms with Crippen molar-refractivity contribution in [2.45, 2.75) is 17.7 Å². The Labute approximate surface area is 79.2 Å². The standard InChI is InChI=1S/C10H13NOS/c12-13(9-5-4-8-11-13)10-6-2-1-3-7-10/h1-3,6-7H,4-5,8-9H2/t13-/m0/s1. The van der Waals surface area contributed by atoms with Crippen molar-refractivity contribution in [1.82, 2.24) is 0 Å². The Morgan fingerprint density at radius 1 is 1.15 bits per heavy atom. The monoisotopic (exact) mass is 195 g/mol. The van der Waals surface area contributed by atoms with E-state index in [1.807, 2.05) is 30.3 Å². The third kappa shape index (κ3) is 1.75. The minimum atomic E-state index is -2.04. The van der Waals surface area contributed by atoms with Crippen LogP contribution < -0.4 is 0 Å². The van der Waals surface area contributed by atoms with Crippen LogP contribution in [0.4, 0.5) is 0 Å². The molecule has 0 unspecified atom stereocenters. The number of hydrogen-bond acceptors (Lipinski definition) is 2. The van der Waals surface area contributed by atoms with Gasteiger partial charge in [-0.05, 0) is 25.0 Å². The van der Waals surface area contributed by atoms with Crippen LogP contribution in [0.3, 0.4) is 0 Å². The molecule has 1 aliphatic rings. The van der Waals surface area contributed by atoms with Gasteiger partial charge < -0.3 is 0 Å². The molecule has 2 rings (SSSR count). The Hall–Kier alpha value is -0.830. The summed E-state index contributed by atoms with van der Waals surface area (Å²) in [5.41, 5.74) is 0. The zero-order valence-electron chi connectivity index (χ0n) is 7.48. The van der Waals surface area contributed by atoms with E-state index < -0.39 is 9.73 Å². The van der Waals surface area contributed by atoms with Crippen molar-refractivity contribution < 1.29 is 4.21 Å². The van der Waals surface area contributed by atoms with E-state index in [0.29, 0.717) is 0 Å². The first-order chi connectivity index (χ1) is 6.31. The van der Waals surface area contributed by atoms with E-state index in [-0.39, 0.29) is 0 Å². The summed E-state index contributed by atoms with van der Waals surface area (Å²) in [6.45, 7) is 0.758. The van der Waals surface area contributed by atoms with Gasteiger partial charge in [0.2, 0.25) is 0 Å². The lowest BCUT2D eigenvalue weighted by Crippen LogP contribution is -2.12. The van der Waals surface area contributed by atoms with E-state index in [4.69, 9.17) is 0 Å². The van der Waals surface area contributed by atoms with Crippen molar-refractivity contribution in [3.05, 3.63) is 30.3 Å². The molecule has 0 fully saturated rings. The Morgan fingerprint density at radius 2 is 1.92 bits per heavy atom. The van der Waals surface area contributed by atoms with Crippen LogP contribution in [0.2, 0.25) is 0 Å². The van der Waals surface area contributed by atoms with E-state index in [1.165, 1.54) is 0 Å². The molecule has 0 saturated heterocycles. The zero-order chi connectivity index (χ0) is 9.15. The maximum Gasteiger partial charge on any atom is 0.0752 e. The fourth-order valence-electron chi connectivity index (χ4n) is 1.51. The Kier molecular flexibility index (Phi) is 2.36. The van der Waals surface area contributed by atoms with Gasteiger partial charge in [-0.2, -0.15) is 0 Å². The molecule has 0 aliphatic carbocycles. The molecule has 0 radical (unpaired) electrons. The lowest BCUT2D eigenvalue weighted by atomic mass is 10.3. The van der Waals surface area contributed by atoms with Crippen LogP contribution in [-0.4, -0.2) is 16.5 Å². The molecule has 1 aromatic carbocycles. The van der Waals surface area contributed by atoms with Crippen LogP contribution in [0, 0.1) is 0 Å². The largest absolute Gasteiger partial charge is 0.245 e. The van der Waals surface area contributed by atoms with Crippen molar-refractivity contribution in [2.75, 3.05) is 12.3 Å². The lowest BCUT2D eigenvalue weighted by Gasteiger charge is -2.14. The van der Waals surface area contributed by atoms with Crippen LogP contribution in [0.5, 0.6) is 0 Å². The van der Waals surface area contributed by atoms with E-state index >= 15 is 0 Å². The molecule has 13 heavy (non-hydrogen) atoms. The van der Waals surface area contributed by atoms with E-state index in [1.54, 1.807) is 0 Å². The molecule has 0 saturated carbocycles. The highest BCUT2D eigenvalue weighted by Gasteiger charge is 2.14. The Bertz CT molecular complexity index is 391. The third-order valence-electron chi connectivity index (χ3n) is 2.24. The van der Waals surface area contributed by atoms with Gasteiger partial charge in [-0.25, -0.2) is 8.57 Å². The van der Waals surface area contributed by atoms with Gasteiger partial charge in [0, 0.05) is 17.2 Å². The van der Waals surface area contributed by atoms with Gasteiger partial charge in [0.05, 0.1) is 9.73 Å². The SMILES string of the molecule is O=[S@@]1(c2ccccc2)=NCCCC1. The minimum absolute atomic E-state index is 0.733. The predicted molar refractivity (Wildman–Crippen MR) is 54.2 cm³/mol. The summed E-state index contributed by atoms with van der Waals surface area (Å²) in [6, 6.07) is 9.61. The van der Waals surface area contributed by atoms with Gasteiger partial charge in [-0.1, -0.05) is 18.2 Å². The number of rotatable bonds is 1. The smallest absolute Gasteiger partial charge is 0.0752 e. The molecule has 1 aromatic rings. The zero-order valence-corrected chi connectivity index (χ0v) is 8.30. The Balaban J connectivity index is 2.46.